The summed E-state index contributed by atoms with van der Waals surface area (Å²) in [7, 11) is 0. The van der Waals surface area contributed by atoms with Gasteiger partial charge < -0.3 is 0 Å². The first kappa shape index (κ1) is 12.3. The molecule has 1 heterocycles. The topological polar surface area (TPSA) is 88.9 Å². The normalized spacial score (nSPS) is 13.8. The number of carbonyl (C=O) groups is 2. The minimum Gasteiger partial charge on any atom is -0.273 e. The lowest BCUT2D eigenvalue weighted by molar-refractivity contribution is -0.123. The second kappa shape index (κ2) is 5.12. The first-order chi connectivity index (χ1) is 9.74. The minimum absolute atomic E-state index is 0.00458. The number of amides is 2. The van der Waals surface area contributed by atoms with Gasteiger partial charge in [0.1, 0.15) is 6.33 Å². The molecule has 1 aliphatic rings. The zero-order chi connectivity index (χ0) is 13.9. The third-order valence-electron chi connectivity index (χ3n) is 2.96. The zero-order valence-corrected chi connectivity index (χ0v) is 10.6. The Kier molecular flexibility index (Phi) is 3.16. The zero-order valence-electron chi connectivity index (χ0n) is 10.6. The van der Waals surface area contributed by atoms with E-state index in [0.717, 1.165) is 18.5 Å². The largest absolute Gasteiger partial charge is 0.309 e. The van der Waals surface area contributed by atoms with Gasteiger partial charge in [0.2, 0.25) is 11.7 Å². The molecular weight excluding hydrogens is 258 g/mol. The number of nitrogens with one attached hydrogen (secondary N) is 2. The summed E-state index contributed by atoms with van der Waals surface area (Å²) in [6.07, 6.45) is 3.21. The molecule has 0 saturated heterocycles. The molecule has 2 amide bonds. The number of nitrogens with zero attached hydrogens (tertiary/aromatic N) is 3. The van der Waals surface area contributed by atoms with Crippen LogP contribution in [0.2, 0.25) is 0 Å². The van der Waals surface area contributed by atoms with Crippen LogP contribution in [0.1, 0.15) is 23.5 Å². The second-order valence-electron chi connectivity index (χ2n) is 4.57. The van der Waals surface area contributed by atoms with E-state index in [1.165, 1.54) is 11.0 Å². The van der Waals surface area contributed by atoms with E-state index in [-0.39, 0.29) is 17.6 Å². The Morgan fingerprint density at radius 1 is 1.15 bits per heavy atom. The minimum atomic E-state index is -0.534. The lowest BCUT2D eigenvalue weighted by Crippen LogP contribution is -2.42. The SMILES string of the molecule is O=C(NNC(=O)C1CC1)c1ncn(-c2ccccc2)n1. The number of hydrogen-bond donors (Lipinski definition) is 2. The molecule has 0 atom stereocenters. The van der Waals surface area contributed by atoms with Crippen LogP contribution in [0.25, 0.3) is 5.69 Å². The van der Waals surface area contributed by atoms with Crippen molar-refractivity contribution in [3.8, 4) is 5.69 Å². The van der Waals surface area contributed by atoms with Crippen LogP contribution < -0.4 is 10.9 Å². The molecule has 1 fully saturated rings. The van der Waals surface area contributed by atoms with Gasteiger partial charge in [-0.2, -0.15) is 0 Å². The van der Waals surface area contributed by atoms with Gasteiger partial charge >= 0.3 is 5.91 Å². The monoisotopic (exact) mass is 271 g/mol. The van der Waals surface area contributed by atoms with E-state index in [1.807, 2.05) is 30.3 Å². The van der Waals surface area contributed by atoms with Gasteiger partial charge in [-0.05, 0) is 25.0 Å². The lowest BCUT2D eigenvalue weighted by Gasteiger charge is -2.03. The van der Waals surface area contributed by atoms with Crippen LogP contribution >= 0.6 is 0 Å². The predicted octanol–water partition coefficient (Wildman–Crippen LogP) is 0.438. The van der Waals surface area contributed by atoms with Gasteiger partial charge in [0.15, 0.2) is 0 Å². The molecule has 7 heteroatoms. The molecular formula is C13H13N5O2. The Balaban J connectivity index is 1.64. The standard InChI is InChI=1S/C13H13N5O2/c19-12(9-6-7-9)15-16-13(20)11-14-8-18(17-11)10-4-2-1-3-5-10/h1-5,8-9H,6-7H2,(H,15,19)(H,16,20). The van der Waals surface area contributed by atoms with E-state index < -0.39 is 5.91 Å². The summed E-state index contributed by atoms with van der Waals surface area (Å²) in [5, 5.41) is 4.06. The van der Waals surface area contributed by atoms with Crippen molar-refractivity contribution >= 4 is 11.8 Å². The molecule has 1 aromatic heterocycles. The molecule has 1 aromatic carbocycles. The average molecular weight is 271 g/mol. The first-order valence-electron chi connectivity index (χ1n) is 6.31. The molecule has 1 aliphatic carbocycles. The summed E-state index contributed by atoms with van der Waals surface area (Å²) in [4.78, 5) is 27.1. The summed E-state index contributed by atoms with van der Waals surface area (Å²) >= 11 is 0. The van der Waals surface area contributed by atoms with Gasteiger partial charge in [-0.15, -0.1) is 5.10 Å². The van der Waals surface area contributed by atoms with Crippen LogP contribution in [0.3, 0.4) is 0 Å². The Morgan fingerprint density at radius 3 is 2.60 bits per heavy atom. The van der Waals surface area contributed by atoms with Crippen molar-refractivity contribution in [1.82, 2.24) is 25.6 Å². The van der Waals surface area contributed by atoms with Crippen molar-refractivity contribution in [2.45, 2.75) is 12.8 Å². The fourth-order valence-corrected chi connectivity index (χ4v) is 1.69. The summed E-state index contributed by atoms with van der Waals surface area (Å²) in [6, 6.07) is 9.33. The van der Waals surface area contributed by atoms with E-state index in [2.05, 4.69) is 20.9 Å². The second-order valence-corrected chi connectivity index (χ2v) is 4.57. The smallest absolute Gasteiger partial charge is 0.273 e. The molecule has 0 aliphatic heterocycles. The van der Waals surface area contributed by atoms with Gasteiger partial charge in [-0.1, -0.05) is 18.2 Å². The van der Waals surface area contributed by atoms with Crippen molar-refractivity contribution in [2.75, 3.05) is 0 Å². The van der Waals surface area contributed by atoms with E-state index in [0.29, 0.717) is 0 Å². The van der Waals surface area contributed by atoms with Crippen molar-refractivity contribution in [1.29, 1.82) is 0 Å². The number of para-hydroxylation sites is 1. The highest BCUT2D eigenvalue weighted by Crippen LogP contribution is 2.28. The third-order valence-corrected chi connectivity index (χ3v) is 2.96. The molecule has 0 radical (unpaired) electrons. The van der Waals surface area contributed by atoms with Gasteiger partial charge in [-0.3, -0.25) is 20.4 Å². The van der Waals surface area contributed by atoms with Crippen LogP contribution in [-0.4, -0.2) is 26.6 Å². The molecule has 2 N–H and O–H groups in total. The Hall–Kier alpha value is -2.70. The number of hydrazine groups is 1. The highest BCUT2D eigenvalue weighted by Gasteiger charge is 2.30. The maximum Gasteiger partial charge on any atom is 0.309 e. The molecule has 2 aromatic rings. The fourth-order valence-electron chi connectivity index (χ4n) is 1.69. The van der Waals surface area contributed by atoms with Crippen LogP contribution in [0.15, 0.2) is 36.7 Å². The number of carbonyl (C=O) groups excluding carboxylic acids is 2. The maximum atomic E-state index is 11.8. The van der Waals surface area contributed by atoms with E-state index in [1.54, 1.807) is 0 Å². The highest BCUT2D eigenvalue weighted by atomic mass is 16.2. The molecule has 102 valence electrons. The Bertz CT molecular complexity index is 633. The highest BCUT2D eigenvalue weighted by molar-refractivity contribution is 5.92. The summed E-state index contributed by atoms with van der Waals surface area (Å²) in [5.41, 5.74) is 5.48. The number of aromatic nitrogens is 3. The van der Waals surface area contributed by atoms with Crippen LogP contribution in [-0.2, 0) is 4.79 Å². The summed E-state index contributed by atoms with van der Waals surface area (Å²) in [5.74, 6) is -0.662. The Morgan fingerprint density at radius 2 is 1.90 bits per heavy atom. The fraction of sp³-hybridized carbons (Fsp3) is 0.231. The predicted molar refractivity (Wildman–Crippen MR) is 69.7 cm³/mol. The van der Waals surface area contributed by atoms with Crippen molar-refractivity contribution < 1.29 is 9.59 Å². The lowest BCUT2D eigenvalue weighted by atomic mass is 10.3. The van der Waals surface area contributed by atoms with Crippen molar-refractivity contribution in [3.63, 3.8) is 0 Å². The van der Waals surface area contributed by atoms with Crippen LogP contribution in [0.4, 0.5) is 0 Å². The molecule has 0 unspecified atom stereocenters. The van der Waals surface area contributed by atoms with E-state index in [4.69, 9.17) is 0 Å². The third kappa shape index (κ3) is 2.66. The molecule has 0 bridgehead atoms. The quantitative estimate of drug-likeness (QED) is 0.793. The first-order valence-corrected chi connectivity index (χ1v) is 6.31. The van der Waals surface area contributed by atoms with Crippen LogP contribution in [0.5, 0.6) is 0 Å². The molecule has 7 nitrogen and oxygen atoms in total. The van der Waals surface area contributed by atoms with E-state index in [9.17, 15) is 9.59 Å². The maximum absolute atomic E-state index is 11.8. The van der Waals surface area contributed by atoms with Gasteiger partial charge in [-0.25, -0.2) is 9.67 Å². The molecule has 0 spiro atoms. The van der Waals surface area contributed by atoms with Crippen molar-refractivity contribution in [3.05, 3.63) is 42.5 Å². The molecule has 1 saturated carbocycles. The Labute approximate surface area is 115 Å². The number of benzene rings is 1. The number of hydrogen-bond acceptors (Lipinski definition) is 4. The number of rotatable bonds is 3. The van der Waals surface area contributed by atoms with Crippen LogP contribution in [0, 0.1) is 5.92 Å². The van der Waals surface area contributed by atoms with Crippen molar-refractivity contribution in [2.24, 2.45) is 5.92 Å². The van der Waals surface area contributed by atoms with E-state index >= 15 is 0 Å². The van der Waals surface area contributed by atoms with Gasteiger partial charge in [0, 0.05) is 5.92 Å². The molecule has 3 rings (SSSR count). The summed E-state index contributed by atoms with van der Waals surface area (Å²) < 4.78 is 1.50. The van der Waals surface area contributed by atoms with Gasteiger partial charge in [0.25, 0.3) is 0 Å². The summed E-state index contributed by atoms with van der Waals surface area (Å²) in [6.45, 7) is 0. The molecule has 20 heavy (non-hydrogen) atoms. The average Bonchev–Trinajstić information content (AvgIpc) is 3.22. The van der Waals surface area contributed by atoms with Gasteiger partial charge in [0.05, 0.1) is 5.69 Å².